The van der Waals surface area contributed by atoms with Crippen LogP contribution < -0.4 is 0 Å². The van der Waals surface area contributed by atoms with Crippen LogP contribution in [0, 0.1) is 0 Å². The van der Waals surface area contributed by atoms with Crippen molar-refractivity contribution in [1.29, 1.82) is 0 Å². The highest BCUT2D eigenvalue weighted by Gasteiger charge is 2.33. The topological polar surface area (TPSA) is 40.4 Å². The van der Waals surface area contributed by atoms with Gasteiger partial charge < -0.3 is 4.90 Å². The largest absolute Gasteiger partial charge is 0.301 e. The van der Waals surface area contributed by atoms with E-state index in [0.29, 0.717) is 0 Å². The van der Waals surface area contributed by atoms with Crippen molar-refractivity contribution < 1.29 is 0 Å². The number of piperazine rings is 1. The summed E-state index contributed by atoms with van der Waals surface area (Å²) in [5, 5.41) is 7.91. The standard InChI is InChI=1S/C13H24N6/c1-3-17-4-6-19(7-5-17)13-10-18(11-13)9-12-8-14-15-16(12)2/h8,13H,3-7,9-11H2,1-2H3. The fourth-order valence-corrected chi connectivity index (χ4v) is 3.03. The van der Waals surface area contributed by atoms with Crippen LogP contribution in [0.15, 0.2) is 6.20 Å². The number of aromatic nitrogens is 3. The van der Waals surface area contributed by atoms with E-state index < -0.39 is 0 Å². The Labute approximate surface area is 115 Å². The lowest BCUT2D eigenvalue weighted by atomic mass is 10.1. The van der Waals surface area contributed by atoms with Crippen LogP contribution in [0.4, 0.5) is 0 Å². The normalized spacial score (nSPS) is 23.7. The highest BCUT2D eigenvalue weighted by Crippen LogP contribution is 2.18. The molecule has 0 saturated carbocycles. The second-order valence-corrected chi connectivity index (χ2v) is 5.67. The first kappa shape index (κ1) is 13.0. The van der Waals surface area contributed by atoms with Gasteiger partial charge in [0.2, 0.25) is 0 Å². The molecule has 1 aromatic heterocycles. The van der Waals surface area contributed by atoms with Gasteiger partial charge in [0.05, 0.1) is 11.9 Å². The Morgan fingerprint density at radius 1 is 1.16 bits per heavy atom. The molecule has 0 atom stereocenters. The molecule has 106 valence electrons. The minimum absolute atomic E-state index is 0.764. The molecule has 0 unspecified atom stereocenters. The van der Waals surface area contributed by atoms with Gasteiger partial charge in [-0.3, -0.25) is 14.5 Å². The summed E-state index contributed by atoms with van der Waals surface area (Å²) in [7, 11) is 1.96. The zero-order chi connectivity index (χ0) is 13.2. The summed E-state index contributed by atoms with van der Waals surface area (Å²) >= 11 is 0. The third-order valence-corrected chi connectivity index (χ3v) is 4.50. The zero-order valence-corrected chi connectivity index (χ0v) is 12.0. The highest BCUT2D eigenvalue weighted by atomic mass is 15.4. The van der Waals surface area contributed by atoms with Gasteiger partial charge in [0.1, 0.15) is 0 Å². The maximum absolute atomic E-state index is 3.98. The van der Waals surface area contributed by atoms with E-state index in [2.05, 4.69) is 31.9 Å². The quantitative estimate of drug-likeness (QED) is 0.742. The van der Waals surface area contributed by atoms with E-state index in [1.807, 2.05) is 17.9 Å². The molecular weight excluding hydrogens is 240 g/mol. The van der Waals surface area contributed by atoms with Gasteiger partial charge in [-0.1, -0.05) is 12.1 Å². The molecule has 6 heteroatoms. The fourth-order valence-electron chi connectivity index (χ4n) is 3.03. The average Bonchev–Trinajstić information content (AvgIpc) is 2.79. The van der Waals surface area contributed by atoms with E-state index in [1.165, 1.54) is 51.5 Å². The number of nitrogens with zero attached hydrogens (tertiary/aromatic N) is 6. The maximum Gasteiger partial charge on any atom is 0.0738 e. The van der Waals surface area contributed by atoms with Gasteiger partial charge in [0.15, 0.2) is 0 Å². The summed E-state index contributed by atoms with van der Waals surface area (Å²) in [6.45, 7) is 11.8. The van der Waals surface area contributed by atoms with Crippen LogP contribution in [0.25, 0.3) is 0 Å². The van der Waals surface area contributed by atoms with Gasteiger partial charge in [-0.05, 0) is 6.54 Å². The molecule has 19 heavy (non-hydrogen) atoms. The lowest BCUT2D eigenvalue weighted by Gasteiger charge is -2.48. The number of likely N-dealkylation sites (tertiary alicyclic amines) is 1. The van der Waals surface area contributed by atoms with Gasteiger partial charge in [0.25, 0.3) is 0 Å². The van der Waals surface area contributed by atoms with Gasteiger partial charge >= 0.3 is 0 Å². The summed E-state index contributed by atoms with van der Waals surface area (Å²) in [4.78, 5) is 7.67. The van der Waals surface area contributed by atoms with Gasteiger partial charge in [0, 0.05) is 58.9 Å². The van der Waals surface area contributed by atoms with Crippen molar-refractivity contribution in [3.8, 4) is 0 Å². The second kappa shape index (κ2) is 5.56. The lowest BCUT2D eigenvalue weighted by molar-refractivity contribution is 0.00111. The third-order valence-electron chi connectivity index (χ3n) is 4.50. The van der Waals surface area contributed by atoms with Crippen LogP contribution in [0.1, 0.15) is 12.6 Å². The molecule has 1 aromatic rings. The molecule has 0 spiro atoms. The molecular formula is C13H24N6. The Kier molecular flexibility index (Phi) is 3.81. The summed E-state index contributed by atoms with van der Waals surface area (Å²) in [5.74, 6) is 0. The Bertz CT molecular complexity index is 403. The number of hydrogen-bond donors (Lipinski definition) is 0. The van der Waals surface area contributed by atoms with Crippen LogP contribution in [0.2, 0.25) is 0 Å². The molecule has 0 amide bonds. The lowest BCUT2D eigenvalue weighted by Crippen LogP contribution is -2.62. The van der Waals surface area contributed by atoms with Gasteiger partial charge in [-0.2, -0.15) is 0 Å². The molecule has 6 nitrogen and oxygen atoms in total. The molecule has 2 saturated heterocycles. The minimum Gasteiger partial charge on any atom is -0.301 e. The predicted octanol–water partition coefficient (Wildman–Crippen LogP) is -0.363. The summed E-state index contributed by atoms with van der Waals surface area (Å²) in [5.41, 5.74) is 1.20. The predicted molar refractivity (Wildman–Crippen MR) is 73.8 cm³/mol. The Balaban J connectivity index is 1.42. The van der Waals surface area contributed by atoms with Crippen molar-refractivity contribution in [2.45, 2.75) is 19.5 Å². The van der Waals surface area contributed by atoms with E-state index in [4.69, 9.17) is 0 Å². The Morgan fingerprint density at radius 2 is 1.89 bits per heavy atom. The smallest absolute Gasteiger partial charge is 0.0738 e. The van der Waals surface area contributed by atoms with Crippen LogP contribution in [-0.2, 0) is 13.6 Å². The number of hydrogen-bond acceptors (Lipinski definition) is 5. The number of aryl methyl sites for hydroxylation is 1. The van der Waals surface area contributed by atoms with Crippen molar-refractivity contribution in [2.75, 3.05) is 45.8 Å². The second-order valence-electron chi connectivity index (χ2n) is 5.67. The minimum atomic E-state index is 0.764. The molecule has 3 heterocycles. The van der Waals surface area contributed by atoms with E-state index >= 15 is 0 Å². The molecule has 0 N–H and O–H groups in total. The number of rotatable bonds is 4. The summed E-state index contributed by atoms with van der Waals surface area (Å²) < 4.78 is 1.87. The first-order chi connectivity index (χ1) is 9.26. The van der Waals surface area contributed by atoms with Gasteiger partial charge in [-0.15, -0.1) is 5.10 Å². The van der Waals surface area contributed by atoms with Crippen molar-refractivity contribution in [2.24, 2.45) is 7.05 Å². The Hall–Kier alpha value is -0.980. The highest BCUT2D eigenvalue weighted by molar-refractivity contribution is 4.98. The molecule has 0 aliphatic carbocycles. The SMILES string of the molecule is CCN1CCN(C2CN(Cc3cnnn3C)C2)CC1. The van der Waals surface area contributed by atoms with Crippen LogP contribution in [-0.4, -0.2) is 81.5 Å². The van der Waals surface area contributed by atoms with Crippen molar-refractivity contribution in [3.63, 3.8) is 0 Å². The van der Waals surface area contributed by atoms with Crippen molar-refractivity contribution in [1.82, 2.24) is 29.7 Å². The van der Waals surface area contributed by atoms with E-state index in [9.17, 15) is 0 Å². The summed E-state index contributed by atoms with van der Waals surface area (Å²) in [6, 6.07) is 0.764. The molecule has 0 bridgehead atoms. The fraction of sp³-hybridized carbons (Fsp3) is 0.846. The van der Waals surface area contributed by atoms with E-state index in [0.717, 1.165) is 12.6 Å². The molecule has 0 radical (unpaired) electrons. The average molecular weight is 264 g/mol. The van der Waals surface area contributed by atoms with Crippen LogP contribution in [0.3, 0.4) is 0 Å². The molecule has 2 aliphatic rings. The zero-order valence-electron chi connectivity index (χ0n) is 12.0. The maximum atomic E-state index is 3.98. The summed E-state index contributed by atoms with van der Waals surface area (Å²) in [6.07, 6.45) is 1.87. The van der Waals surface area contributed by atoms with E-state index in [-0.39, 0.29) is 0 Å². The number of likely N-dealkylation sites (N-methyl/N-ethyl adjacent to an activating group) is 1. The molecule has 2 aliphatic heterocycles. The molecule has 3 rings (SSSR count). The van der Waals surface area contributed by atoms with Crippen LogP contribution >= 0.6 is 0 Å². The van der Waals surface area contributed by atoms with E-state index in [1.54, 1.807) is 0 Å². The monoisotopic (exact) mass is 264 g/mol. The molecule has 0 aromatic carbocycles. The third kappa shape index (κ3) is 2.80. The van der Waals surface area contributed by atoms with Crippen molar-refractivity contribution in [3.05, 3.63) is 11.9 Å². The first-order valence-corrected chi connectivity index (χ1v) is 7.28. The van der Waals surface area contributed by atoms with Crippen LogP contribution in [0.5, 0.6) is 0 Å². The van der Waals surface area contributed by atoms with Crippen molar-refractivity contribution >= 4 is 0 Å². The first-order valence-electron chi connectivity index (χ1n) is 7.28. The molecule has 2 fully saturated rings. The van der Waals surface area contributed by atoms with Gasteiger partial charge in [-0.25, -0.2) is 0 Å². The Morgan fingerprint density at radius 3 is 2.47 bits per heavy atom.